The number of aliphatic carboxylic acids is 1. The van der Waals surface area contributed by atoms with Gasteiger partial charge in [-0.05, 0) is 6.07 Å². The minimum absolute atomic E-state index is 0.0486. The number of nitrogens with zero attached hydrogens (tertiary/aromatic N) is 3. The van der Waals surface area contributed by atoms with Crippen LogP contribution >= 0.6 is 0 Å². The van der Waals surface area contributed by atoms with Crippen molar-refractivity contribution in [3.05, 3.63) is 18.0 Å². The Bertz CT molecular complexity index is 413. The zero-order valence-electron chi connectivity index (χ0n) is 9.70. The Hall–Kier alpha value is -1.89. The lowest BCUT2D eigenvalue weighted by Gasteiger charge is -2.08. The predicted octanol–water partition coefficient (Wildman–Crippen LogP) is -0.579. The van der Waals surface area contributed by atoms with E-state index in [4.69, 9.17) is 5.11 Å². The first-order valence-corrected chi connectivity index (χ1v) is 5.05. The Morgan fingerprint density at radius 1 is 1.53 bits per heavy atom. The molecule has 0 fully saturated rings. The molecule has 0 aliphatic carbocycles. The second kappa shape index (κ2) is 5.44. The molecule has 0 aliphatic heterocycles. The lowest BCUT2D eigenvalue weighted by atomic mass is 10.2. The number of carboxylic acids is 1. The fourth-order valence-corrected chi connectivity index (χ4v) is 1.29. The first kappa shape index (κ1) is 13.2. The van der Waals surface area contributed by atoms with Gasteiger partial charge in [-0.25, -0.2) is 0 Å². The van der Waals surface area contributed by atoms with E-state index < -0.39 is 12.1 Å². The second-order valence-electron chi connectivity index (χ2n) is 3.87. The highest BCUT2D eigenvalue weighted by Crippen LogP contribution is 2.02. The van der Waals surface area contributed by atoms with E-state index in [1.807, 2.05) is 0 Å². The summed E-state index contributed by atoms with van der Waals surface area (Å²) in [6.07, 6.45) is 0.160. The highest BCUT2D eigenvalue weighted by Gasteiger charge is 2.14. The van der Waals surface area contributed by atoms with Crippen LogP contribution in [0.2, 0.25) is 0 Å². The van der Waals surface area contributed by atoms with E-state index in [1.165, 1.54) is 21.8 Å². The number of aromatic nitrogens is 2. The monoisotopic (exact) mass is 241 g/mol. The number of hydrogen-bond acceptors (Lipinski definition) is 4. The Morgan fingerprint density at radius 2 is 2.18 bits per heavy atom. The van der Waals surface area contributed by atoms with Gasteiger partial charge in [0.1, 0.15) is 5.69 Å². The maximum atomic E-state index is 11.5. The average molecular weight is 241 g/mol. The van der Waals surface area contributed by atoms with Gasteiger partial charge in [0.2, 0.25) is 0 Å². The van der Waals surface area contributed by atoms with Crippen molar-refractivity contribution in [2.24, 2.45) is 0 Å². The highest BCUT2D eigenvalue weighted by atomic mass is 16.4. The van der Waals surface area contributed by atoms with Gasteiger partial charge in [-0.2, -0.15) is 5.10 Å². The number of aliphatic hydroxyl groups excluding tert-OH is 1. The minimum atomic E-state index is -1.07. The number of hydrogen-bond donors (Lipinski definition) is 2. The molecule has 1 amide bonds. The van der Waals surface area contributed by atoms with Gasteiger partial charge in [0, 0.05) is 20.3 Å². The molecule has 0 saturated heterocycles. The fourth-order valence-electron chi connectivity index (χ4n) is 1.29. The number of aliphatic hydroxyl groups is 1. The first-order valence-electron chi connectivity index (χ1n) is 5.05. The van der Waals surface area contributed by atoms with Crippen LogP contribution in [0.25, 0.3) is 0 Å². The molecule has 2 N–H and O–H groups in total. The van der Waals surface area contributed by atoms with Gasteiger partial charge in [0.15, 0.2) is 0 Å². The summed E-state index contributed by atoms with van der Waals surface area (Å²) in [5, 5.41) is 21.8. The molecule has 0 bridgehead atoms. The van der Waals surface area contributed by atoms with Gasteiger partial charge in [-0.15, -0.1) is 0 Å². The SMILES string of the molecule is CN(C)C(=O)c1ccn(CC(O)CC(=O)O)n1. The third kappa shape index (κ3) is 3.87. The molecule has 1 unspecified atom stereocenters. The van der Waals surface area contributed by atoms with Gasteiger partial charge >= 0.3 is 5.97 Å². The maximum Gasteiger partial charge on any atom is 0.306 e. The lowest BCUT2D eigenvalue weighted by Crippen LogP contribution is -2.23. The number of carbonyl (C=O) groups excluding carboxylic acids is 1. The topological polar surface area (TPSA) is 95.7 Å². The molecule has 0 aromatic carbocycles. The average Bonchev–Trinajstić information content (AvgIpc) is 2.63. The molecule has 0 saturated carbocycles. The highest BCUT2D eigenvalue weighted by molar-refractivity contribution is 5.91. The van der Waals surface area contributed by atoms with Crippen LogP contribution in [0.4, 0.5) is 0 Å². The molecular formula is C10H15N3O4. The largest absolute Gasteiger partial charge is 0.481 e. The van der Waals surface area contributed by atoms with Crippen molar-refractivity contribution in [2.45, 2.75) is 19.1 Å². The zero-order valence-corrected chi connectivity index (χ0v) is 9.70. The van der Waals surface area contributed by atoms with Crippen LogP contribution in [0.3, 0.4) is 0 Å². The molecule has 7 nitrogen and oxygen atoms in total. The molecule has 1 rings (SSSR count). The quantitative estimate of drug-likeness (QED) is 0.719. The van der Waals surface area contributed by atoms with E-state index in [0.29, 0.717) is 0 Å². The number of amides is 1. The van der Waals surface area contributed by atoms with Gasteiger partial charge < -0.3 is 15.1 Å². The van der Waals surface area contributed by atoms with E-state index in [1.54, 1.807) is 14.1 Å². The summed E-state index contributed by atoms with van der Waals surface area (Å²) in [5.41, 5.74) is 0.262. The molecule has 0 radical (unpaired) electrons. The van der Waals surface area contributed by atoms with Crippen LogP contribution < -0.4 is 0 Å². The van der Waals surface area contributed by atoms with Crippen molar-refractivity contribution in [1.82, 2.24) is 14.7 Å². The van der Waals surface area contributed by atoms with Crippen LogP contribution in [-0.4, -0.2) is 57.0 Å². The molecule has 1 aromatic rings. The normalized spacial score (nSPS) is 12.2. The Kier molecular flexibility index (Phi) is 4.22. The standard InChI is InChI=1S/C10H15N3O4/c1-12(2)10(17)8-3-4-13(11-8)6-7(14)5-9(15)16/h3-4,7,14H,5-6H2,1-2H3,(H,15,16). The van der Waals surface area contributed by atoms with Crippen LogP contribution in [0.1, 0.15) is 16.9 Å². The number of carboxylic acid groups (broad SMARTS) is 1. The second-order valence-corrected chi connectivity index (χ2v) is 3.87. The Labute approximate surface area is 98.3 Å². The first-order chi connectivity index (χ1) is 7.90. The van der Waals surface area contributed by atoms with E-state index in [-0.39, 0.29) is 24.6 Å². The molecule has 0 spiro atoms. The van der Waals surface area contributed by atoms with Crippen molar-refractivity contribution < 1.29 is 19.8 Å². The zero-order chi connectivity index (χ0) is 13.0. The summed E-state index contributed by atoms with van der Waals surface area (Å²) in [6, 6.07) is 1.52. The smallest absolute Gasteiger partial charge is 0.306 e. The van der Waals surface area contributed by atoms with Gasteiger partial charge in [0.05, 0.1) is 19.1 Å². The predicted molar refractivity (Wildman–Crippen MR) is 58.5 cm³/mol. The summed E-state index contributed by atoms with van der Waals surface area (Å²) in [5.74, 6) is -1.31. The molecule has 1 atom stereocenters. The summed E-state index contributed by atoms with van der Waals surface area (Å²) in [6.45, 7) is 0.0486. The van der Waals surface area contributed by atoms with Crippen molar-refractivity contribution in [3.8, 4) is 0 Å². The molecule has 94 valence electrons. The van der Waals surface area contributed by atoms with Crippen molar-refractivity contribution >= 4 is 11.9 Å². The van der Waals surface area contributed by atoms with E-state index >= 15 is 0 Å². The Balaban J connectivity index is 2.62. The third-order valence-corrected chi connectivity index (χ3v) is 2.07. The van der Waals surface area contributed by atoms with Crippen molar-refractivity contribution in [2.75, 3.05) is 14.1 Å². The molecule has 1 heterocycles. The molecule has 17 heavy (non-hydrogen) atoms. The van der Waals surface area contributed by atoms with Crippen LogP contribution in [-0.2, 0) is 11.3 Å². The fraction of sp³-hybridized carbons (Fsp3) is 0.500. The van der Waals surface area contributed by atoms with Gasteiger partial charge in [0.25, 0.3) is 5.91 Å². The summed E-state index contributed by atoms with van der Waals surface area (Å²) in [7, 11) is 3.22. The van der Waals surface area contributed by atoms with Gasteiger partial charge in [-0.3, -0.25) is 14.3 Å². The summed E-state index contributed by atoms with van der Waals surface area (Å²) < 4.78 is 1.35. The lowest BCUT2D eigenvalue weighted by molar-refractivity contribution is -0.139. The summed E-state index contributed by atoms with van der Waals surface area (Å²) in [4.78, 5) is 23.3. The maximum absolute atomic E-state index is 11.5. The number of rotatable bonds is 5. The molecular weight excluding hydrogens is 226 g/mol. The van der Waals surface area contributed by atoms with Crippen molar-refractivity contribution in [1.29, 1.82) is 0 Å². The molecule has 7 heteroatoms. The third-order valence-electron chi connectivity index (χ3n) is 2.07. The van der Waals surface area contributed by atoms with Gasteiger partial charge in [-0.1, -0.05) is 0 Å². The summed E-state index contributed by atoms with van der Waals surface area (Å²) >= 11 is 0. The minimum Gasteiger partial charge on any atom is -0.481 e. The van der Waals surface area contributed by atoms with Crippen LogP contribution in [0.15, 0.2) is 12.3 Å². The Morgan fingerprint density at radius 3 is 2.71 bits per heavy atom. The van der Waals surface area contributed by atoms with Crippen molar-refractivity contribution in [3.63, 3.8) is 0 Å². The molecule has 0 aliphatic rings. The van der Waals surface area contributed by atoms with E-state index in [2.05, 4.69) is 5.10 Å². The molecule has 1 aromatic heterocycles. The van der Waals surface area contributed by atoms with E-state index in [9.17, 15) is 14.7 Å². The van der Waals surface area contributed by atoms with E-state index in [0.717, 1.165) is 0 Å². The van der Waals surface area contributed by atoms with Crippen LogP contribution in [0, 0.1) is 0 Å². The van der Waals surface area contributed by atoms with Crippen LogP contribution in [0.5, 0.6) is 0 Å². The number of carbonyl (C=O) groups is 2.